The number of amides is 1. The molecule has 2 rings (SSSR count). The molecule has 1 aliphatic rings. The number of aryl methyl sites for hydroxylation is 1. The number of rotatable bonds is 2. The molecule has 0 bridgehead atoms. The van der Waals surface area contributed by atoms with Gasteiger partial charge in [-0.05, 0) is 44.1 Å². The Bertz CT molecular complexity index is 525. The Hall–Kier alpha value is -1.65. The lowest BCUT2D eigenvalue weighted by molar-refractivity contribution is 0.0999. The summed E-state index contributed by atoms with van der Waals surface area (Å²) in [5.41, 5.74) is 8.02. The topological polar surface area (TPSA) is 72.1 Å². The Balaban J connectivity index is 2.38. The molecule has 1 fully saturated rings. The van der Waals surface area contributed by atoms with Gasteiger partial charge in [0.2, 0.25) is 0 Å². The summed E-state index contributed by atoms with van der Waals surface area (Å²) in [4.78, 5) is 13.9. The molecule has 20 heavy (non-hydrogen) atoms. The Morgan fingerprint density at radius 3 is 2.55 bits per heavy atom. The molecule has 0 aliphatic carbocycles. The first-order chi connectivity index (χ1) is 9.32. The number of carbonyl (C=O) groups is 1. The van der Waals surface area contributed by atoms with E-state index in [4.69, 9.17) is 5.73 Å². The number of nitrogens with two attached hydrogens (primary N) is 1. The van der Waals surface area contributed by atoms with Crippen molar-refractivity contribution in [2.45, 2.75) is 47.0 Å². The molecule has 2 N–H and O–H groups in total. The Kier molecular flexibility index (Phi) is 3.97. The van der Waals surface area contributed by atoms with Crippen LogP contribution in [-0.4, -0.2) is 29.2 Å². The van der Waals surface area contributed by atoms with Crippen LogP contribution in [0.25, 0.3) is 0 Å². The van der Waals surface area contributed by atoms with Crippen LogP contribution in [0.15, 0.2) is 0 Å². The normalized spacial score (nSPS) is 18.7. The van der Waals surface area contributed by atoms with Crippen molar-refractivity contribution >= 4 is 11.7 Å². The monoisotopic (exact) mass is 276 g/mol. The van der Waals surface area contributed by atoms with E-state index < -0.39 is 5.91 Å². The van der Waals surface area contributed by atoms with E-state index in [0.29, 0.717) is 16.8 Å². The maximum atomic E-state index is 11.8. The SMILES string of the molecule is Cc1nnc(N2CCCC(C)(C)CC2)c(C(N)=O)c1C. The Morgan fingerprint density at radius 1 is 1.20 bits per heavy atom. The number of anilines is 1. The molecule has 5 nitrogen and oxygen atoms in total. The highest BCUT2D eigenvalue weighted by molar-refractivity contribution is 5.99. The fourth-order valence-corrected chi connectivity index (χ4v) is 2.75. The largest absolute Gasteiger partial charge is 0.365 e. The highest BCUT2D eigenvalue weighted by Gasteiger charge is 2.27. The second-order valence-electron chi connectivity index (χ2n) is 6.48. The third kappa shape index (κ3) is 2.92. The molecule has 1 saturated heterocycles. The maximum Gasteiger partial charge on any atom is 0.252 e. The molecule has 0 saturated carbocycles. The van der Waals surface area contributed by atoms with Gasteiger partial charge in [-0.25, -0.2) is 0 Å². The zero-order valence-electron chi connectivity index (χ0n) is 12.9. The number of nitrogens with zero attached hydrogens (tertiary/aromatic N) is 3. The van der Waals surface area contributed by atoms with Crippen molar-refractivity contribution in [2.24, 2.45) is 11.1 Å². The van der Waals surface area contributed by atoms with Gasteiger partial charge in [0.05, 0.1) is 11.3 Å². The Morgan fingerprint density at radius 2 is 1.90 bits per heavy atom. The Labute approximate surface area is 120 Å². The van der Waals surface area contributed by atoms with Crippen molar-refractivity contribution in [2.75, 3.05) is 18.0 Å². The van der Waals surface area contributed by atoms with E-state index in [1.807, 2.05) is 13.8 Å². The highest BCUT2D eigenvalue weighted by Crippen LogP contribution is 2.32. The van der Waals surface area contributed by atoms with E-state index >= 15 is 0 Å². The third-order valence-corrected chi connectivity index (χ3v) is 4.32. The van der Waals surface area contributed by atoms with E-state index in [2.05, 4.69) is 28.9 Å². The predicted octanol–water partition coefficient (Wildman–Crippen LogP) is 2.21. The van der Waals surface area contributed by atoms with Crippen molar-refractivity contribution < 1.29 is 4.79 Å². The fraction of sp³-hybridized carbons (Fsp3) is 0.667. The number of hydrogen-bond donors (Lipinski definition) is 1. The quantitative estimate of drug-likeness (QED) is 0.899. The van der Waals surface area contributed by atoms with E-state index in [1.54, 1.807) is 0 Å². The minimum atomic E-state index is -0.418. The molecular formula is C15H24N4O. The summed E-state index contributed by atoms with van der Waals surface area (Å²) in [6.07, 6.45) is 3.37. The first-order valence-corrected chi connectivity index (χ1v) is 7.20. The van der Waals surface area contributed by atoms with Crippen LogP contribution in [0.2, 0.25) is 0 Å². The van der Waals surface area contributed by atoms with Gasteiger partial charge in [-0.1, -0.05) is 13.8 Å². The van der Waals surface area contributed by atoms with Crippen molar-refractivity contribution in [3.63, 3.8) is 0 Å². The van der Waals surface area contributed by atoms with Crippen LogP contribution in [0.4, 0.5) is 5.82 Å². The highest BCUT2D eigenvalue weighted by atomic mass is 16.1. The number of aromatic nitrogens is 2. The van der Waals surface area contributed by atoms with Crippen molar-refractivity contribution in [1.29, 1.82) is 0 Å². The van der Waals surface area contributed by atoms with E-state index in [0.717, 1.165) is 37.2 Å². The fourth-order valence-electron chi connectivity index (χ4n) is 2.75. The molecule has 5 heteroatoms. The molecule has 1 aliphatic heterocycles. The molecule has 1 aromatic rings. The molecule has 0 unspecified atom stereocenters. The molecule has 110 valence electrons. The average Bonchev–Trinajstić information content (AvgIpc) is 2.53. The number of primary amides is 1. The first-order valence-electron chi connectivity index (χ1n) is 7.20. The van der Waals surface area contributed by atoms with Gasteiger partial charge in [0, 0.05) is 13.1 Å². The van der Waals surface area contributed by atoms with Gasteiger partial charge in [0.15, 0.2) is 5.82 Å². The predicted molar refractivity (Wildman–Crippen MR) is 79.9 cm³/mol. The molecule has 0 aromatic carbocycles. The summed E-state index contributed by atoms with van der Waals surface area (Å²) >= 11 is 0. The number of carbonyl (C=O) groups excluding carboxylic acids is 1. The summed E-state index contributed by atoms with van der Waals surface area (Å²) in [5, 5.41) is 8.41. The van der Waals surface area contributed by atoms with E-state index in [-0.39, 0.29) is 0 Å². The minimum Gasteiger partial charge on any atom is -0.365 e. The maximum absolute atomic E-state index is 11.8. The van der Waals surface area contributed by atoms with Crippen molar-refractivity contribution in [3.05, 3.63) is 16.8 Å². The van der Waals surface area contributed by atoms with E-state index in [1.165, 1.54) is 6.42 Å². The molecule has 2 heterocycles. The van der Waals surface area contributed by atoms with Gasteiger partial charge in [-0.15, -0.1) is 5.10 Å². The second kappa shape index (κ2) is 5.38. The first kappa shape index (κ1) is 14.8. The molecule has 1 amide bonds. The van der Waals surface area contributed by atoms with Crippen LogP contribution in [-0.2, 0) is 0 Å². The van der Waals surface area contributed by atoms with Gasteiger partial charge < -0.3 is 10.6 Å². The van der Waals surface area contributed by atoms with Crippen LogP contribution in [0.3, 0.4) is 0 Å². The smallest absolute Gasteiger partial charge is 0.252 e. The van der Waals surface area contributed by atoms with Gasteiger partial charge in [-0.2, -0.15) is 5.10 Å². The third-order valence-electron chi connectivity index (χ3n) is 4.32. The van der Waals surface area contributed by atoms with E-state index in [9.17, 15) is 4.79 Å². The summed E-state index contributed by atoms with van der Waals surface area (Å²) in [6.45, 7) is 10.1. The van der Waals surface area contributed by atoms with Gasteiger partial charge >= 0.3 is 0 Å². The zero-order valence-corrected chi connectivity index (χ0v) is 12.9. The molecule has 0 radical (unpaired) electrons. The van der Waals surface area contributed by atoms with Crippen LogP contribution < -0.4 is 10.6 Å². The van der Waals surface area contributed by atoms with Crippen LogP contribution in [0.1, 0.15) is 54.7 Å². The average molecular weight is 276 g/mol. The molecule has 0 atom stereocenters. The summed E-state index contributed by atoms with van der Waals surface area (Å²) in [6, 6.07) is 0. The van der Waals surface area contributed by atoms with Crippen molar-refractivity contribution in [1.82, 2.24) is 10.2 Å². The summed E-state index contributed by atoms with van der Waals surface area (Å²) in [7, 11) is 0. The van der Waals surface area contributed by atoms with Crippen LogP contribution >= 0.6 is 0 Å². The second-order valence-corrected chi connectivity index (χ2v) is 6.48. The zero-order chi connectivity index (χ0) is 14.9. The van der Waals surface area contributed by atoms with Crippen molar-refractivity contribution in [3.8, 4) is 0 Å². The van der Waals surface area contributed by atoms with Gasteiger partial charge in [-0.3, -0.25) is 4.79 Å². The minimum absolute atomic E-state index is 0.342. The van der Waals surface area contributed by atoms with Crippen LogP contribution in [0.5, 0.6) is 0 Å². The summed E-state index contributed by atoms with van der Waals surface area (Å²) in [5.74, 6) is 0.234. The molecule has 1 aromatic heterocycles. The lowest BCUT2D eigenvalue weighted by Gasteiger charge is -2.25. The van der Waals surface area contributed by atoms with Gasteiger partial charge in [0.25, 0.3) is 5.91 Å². The molecule has 0 spiro atoms. The van der Waals surface area contributed by atoms with Crippen LogP contribution in [0, 0.1) is 19.3 Å². The summed E-state index contributed by atoms with van der Waals surface area (Å²) < 4.78 is 0. The standard InChI is InChI=1S/C15H24N4O/c1-10-11(2)17-18-14(12(10)13(16)20)19-8-5-6-15(3,4)7-9-19/h5-9H2,1-4H3,(H2,16,20). The lowest BCUT2D eigenvalue weighted by Crippen LogP contribution is -2.30. The molecular weight excluding hydrogens is 252 g/mol. The van der Waals surface area contributed by atoms with Gasteiger partial charge in [0.1, 0.15) is 0 Å². The number of hydrogen-bond acceptors (Lipinski definition) is 4. The lowest BCUT2D eigenvalue weighted by atomic mass is 9.85.